The Bertz CT molecular complexity index is 1120. The number of hydrazone groups is 1. The topological polar surface area (TPSA) is 59.9 Å². The van der Waals surface area contributed by atoms with E-state index in [4.69, 9.17) is 27.5 Å². The fourth-order valence-corrected chi connectivity index (χ4v) is 3.12. The highest BCUT2D eigenvalue weighted by Crippen LogP contribution is 2.22. The van der Waals surface area contributed by atoms with Gasteiger partial charge in [-0.15, -0.1) is 6.42 Å². The molecule has 156 valence electrons. The summed E-state index contributed by atoms with van der Waals surface area (Å²) < 4.78 is 12.2. The largest absolute Gasteiger partial charge is 0.488 e. The molecule has 0 fully saturated rings. The number of carbonyl (C=O) groups excluding carboxylic acids is 1. The first kappa shape index (κ1) is 22.4. The zero-order chi connectivity index (χ0) is 22.1. The minimum absolute atomic E-state index is 0.132. The highest BCUT2D eigenvalue weighted by atomic mass is 79.9. The second-order valence-corrected chi connectivity index (χ2v) is 7.64. The molecule has 31 heavy (non-hydrogen) atoms. The lowest BCUT2D eigenvalue weighted by Crippen LogP contribution is -2.18. The Balaban J connectivity index is 1.68. The lowest BCUT2D eigenvalue weighted by Gasteiger charge is -2.11. The van der Waals surface area contributed by atoms with Gasteiger partial charge in [-0.3, -0.25) is 4.79 Å². The van der Waals surface area contributed by atoms with E-state index in [1.54, 1.807) is 42.5 Å². The van der Waals surface area contributed by atoms with Crippen molar-refractivity contribution >= 4 is 39.7 Å². The molecule has 1 amide bonds. The van der Waals surface area contributed by atoms with Crippen LogP contribution in [0.2, 0.25) is 5.02 Å². The van der Waals surface area contributed by atoms with Crippen LogP contribution in [-0.4, -0.2) is 18.7 Å². The monoisotopic (exact) mass is 496 g/mol. The van der Waals surface area contributed by atoms with Gasteiger partial charge in [0.15, 0.2) is 0 Å². The van der Waals surface area contributed by atoms with Crippen LogP contribution in [0, 0.1) is 12.3 Å². The number of benzene rings is 3. The fraction of sp³-hybridized carbons (Fsp3) is 0.0833. The molecule has 0 atom stereocenters. The number of para-hydroxylation sites is 1. The predicted molar refractivity (Wildman–Crippen MR) is 126 cm³/mol. The van der Waals surface area contributed by atoms with Crippen molar-refractivity contribution in [2.75, 3.05) is 6.61 Å². The van der Waals surface area contributed by atoms with Gasteiger partial charge >= 0.3 is 0 Å². The molecule has 0 bridgehead atoms. The van der Waals surface area contributed by atoms with Crippen molar-refractivity contribution in [3.8, 4) is 23.8 Å². The van der Waals surface area contributed by atoms with Crippen LogP contribution < -0.4 is 14.9 Å². The highest BCUT2D eigenvalue weighted by molar-refractivity contribution is 9.10. The molecule has 7 heteroatoms. The Hall–Kier alpha value is -3.27. The normalized spacial score (nSPS) is 10.5. The molecule has 0 aliphatic carbocycles. The molecule has 3 rings (SSSR count). The van der Waals surface area contributed by atoms with E-state index in [0.717, 1.165) is 10.0 Å². The number of hydrogen-bond donors (Lipinski definition) is 1. The van der Waals surface area contributed by atoms with E-state index >= 15 is 0 Å². The van der Waals surface area contributed by atoms with Crippen molar-refractivity contribution in [2.24, 2.45) is 5.10 Å². The van der Waals surface area contributed by atoms with E-state index < -0.39 is 5.91 Å². The van der Waals surface area contributed by atoms with Crippen LogP contribution in [0.1, 0.15) is 21.5 Å². The third-order valence-electron chi connectivity index (χ3n) is 4.09. The van der Waals surface area contributed by atoms with E-state index in [2.05, 4.69) is 32.4 Å². The maximum atomic E-state index is 12.6. The van der Waals surface area contributed by atoms with Crippen molar-refractivity contribution in [2.45, 2.75) is 6.61 Å². The zero-order valence-corrected chi connectivity index (χ0v) is 18.7. The standard InChI is InChI=1S/C24H18BrClN2O3/c1-2-13-30-22-12-9-19(25)14-18(22)15-27-28-24(29)21-5-3-4-6-23(21)31-16-17-7-10-20(26)11-8-17/h1,3-12,14-15H,13,16H2,(H,28,29)/b27-15+. The summed E-state index contributed by atoms with van der Waals surface area (Å²) in [6.07, 6.45) is 6.74. The van der Waals surface area contributed by atoms with Gasteiger partial charge < -0.3 is 9.47 Å². The molecule has 0 spiro atoms. The number of rotatable bonds is 8. The average molecular weight is 498 g/mol. The summed E-state index contributed by atoms with van der Waals surface area (Å²) in [5.74, 6) is 3.03. The minimum Gasteiger partial charge on any atom is -0.488 e. The summed E-state index contributed by atoms with van der Waals surface area (Å²) in [6, 6.07) is 19.7. The van der Waals surface area contributed by atoms with E-state index in [1.165, 1.54) is 6.21 Å². The van der Waals surface area contributed by atoms with Gasteiger partial charge in [0.2, 0.25) is 0 Å². The first-order valence-electron chi connectivity index (χ1n) is 9.22. The van der Waals surface area contributed by atoms with Crippen LogP contribution in [0.25, 0.3) is 0 Å². The first-order valence-corrected chi connectivity index (χ1v) is 10.4. The molecule has 3 aromatic rings. The number of hydrogen-bond acceptors (Lipinski definition) is 4. The number of ether oxygens (including phenoxy) is 2. The zero-order valence-electron chi connectivity index (χ0n) is 16.3. The maximum absolute atomic E-state index is 12.6. The number of amides is 1. The second kappa shape index (κ2) is 11.2. The lowest BCUT2D eigenvalue weighted by molar-refractivity contribution is 0.0950. The van der Waals surface area contributed by atoms with Crippen molar-refractivity contribution in [1.82, 2.24) is 5.43 Å². The van der Waals surface area contributed by atoms with Crippen LogP contribution in [0.5, 0.6) is 11.5 Å². The SMILES string of the molecule is C#CCOc1ccc(Br)cc1/C=N/NC(=O)c1ccccc1OCc1ccc(Cl)cc1. The van der Waals surface area contributed by atoms with Crippen LogP contribution in [-0.2, 0) is 6.61 Å². The molecule has 0 saturated heterocycles. The molecule has 0 radical (unpaired) electrons. The Morgan fingerprint density at radius 1 is 1.10 bits per heavy atom. The number of carbonyl (C=O) groups is 1. The van der Waals surface area contributed by atoms with Gasteiger partial charge in [0.05, 0.1) is 11.8 Å². The second-order valence-electron chi connectivity index (χ2n) is 6.29. The molecular formula is C24H18BrClN2O3. The molecular weight excluding hydrogens is 480 g/mol. The van der Waals surface area contributed by atoms with Gasteiger partial charge in [-0.05, 0) is 48.0 Å². The predicted octanol–water partition coefficient (Wildman–Crippen LogP) is 5.46. The van der Waals surface area contributed by atoms with E-state index in [0.29, 0.717) is 34.3 Å². The first-order chi connectivity index (χ1) is 15.1. The lowest BCUT2D eigenvalue weighted by atomic mass is 10.2. The average Bonchev–Trinajstić information content (AvgIpc) is 2.78. The Morgan fingerprint density at radius 2 is 1.87 bits per heavy atom. The van der Waals surface area contributed by atoms with Crippen molar-refractivity contribution in [3.63, 3.8) is 0 Å². The van der Waals surface area contributed by atoms with Crippen LogP contribution in [0.4, 0.5) is 0 Å². The van der Waals surface area contributed by atoms with Crippen LogP contribution in [0.15, 0.2) is 76.3 Å². The third kappa shape index (κ3) is 6.61. The molecule has 0 unspecified atom stereocenters. The van der Waals surface area contributed by atoms with Gasteiger partial charge in [0, 0.05) is 15.1 Å². The van der Waals surface area contributed by atoms with E-state index in [1.807, 2.05) is 24.3 Å². The smallest absolute Gasteiger partial charge is 0.275 e. The number of halogens is 2. The number of nitrogens with zero attached hydrogens (tertiary/aromatic N) is 1. The quantitative estimate of drug-likeness (QED) is 0.255. The van der Waals surface area contributed by atoms with Crippen molar-refractivity contribution < 1.29 is 14.3 Å². The van der Waals surface area contributed by atoms with Crippen molar-refractivity contribution in [3.05, 3.63) is 92.9 Å². The molecule has 3 aromatic carbocycles. The Morgan fingerprint density at radius 3 is 2.65 bits per heavy atom. The van der Waals surface area contributed by atoms with Gasteiger partial charge in [-0.1, -0.05) is 57.7 Å². The summed E-state index contributed by atoms with van der Waals surface area (Å²) >= 11 is 9.31. The summed E-state index contributed by atoms with van der Waals surface area (Å²) in [5.41, 5.74) is 4.49. The van der Waals surface area contributed by atoms with Crippen LogP contribution >= 0.6 is 27.5 Å². The molecule has 1 N–H and O–H groups in total. The minimum atomic E-state index is -0.399. The molecule has 0 saturated carbocycles. The van der Waals surface area contributed by atoms with Crippen LogP contribution in [0.3, 0.4) is 0 Å². The Labute approximate surface area is 194 Å². The fourth-order valence-electron chi connectivity index (χ4n) is 2.61. The number of terminal acetylenes is 1. The summed E-state index contributed by atoms with van der Waals surface area (Å²) in [5, 5.41) is 4.70. The van der Waals surface area contributed by atoms with Crippen molar-refractivity contribution in [1.29, 1.82) is 0 Å². The van der Waals surface area contributed by atoms with E-state index in [-0.39, 0.29) is 6.61 Å². The summed E-state index contributed by atoms with van der Waals surface area (Å²) in [6.45, 7) is 0.436. The molecule has 0 heterocycles. The van der Waals surface area contributed by atoms with Gasteiger partial charge in [-0.2, -0.15) is 5.10 Å². The summed E-state index contributed by atoms with van der Waals surface area (Å²) in [7, 11) is 0. The van der Waals surface area contributed by atoms with E-state index in [9.17, 15) is 4.79 Å². The highest BCUT2D eigenvalue weighted by Gasteiger charge is 2.12. The molecule has 5 nitrogen and oxygen atoms in total. The summed E-state index contributed by atoms with van der Waals surface area (Å²) in [4.78, 5) is 12.6. The van der Waals surface area contributed by atoms with Gasteiger partial charge in [0.1, 0.15) is 24.7 Å². The van der Waals surface area contributed by atoms with Gasteiger partial charge in [0.25, 0.3) is 5.91 Å². The maximum Gasteiger partial charge on any atom is 0.275 e. The third-order valence-corrected chi connectivity index (χ3v) is 4.84. The Kier molecular flexibility index (Phi) is 8.11. The molecule has 0 aliphatic rings. The molecule has 0 aromatic heterocycles. The van der Waals surface area contributed by atoms with Gasteiger partial charge in [-0.25, -0.2) is 5.43 Å². The number of nitrogens with one attached hydrogen (secondary N) is 1. The molecule has 0 aliphatic heterocycles.